The zero-order valence-electron chi connectivity index (χ0n) is 15.3. The van der Waals surface area contributed by atoms with Gasteiger partial charge in [-0.05, 0) is 24.1 Å². The van der Waals surface area contributed by atoms with Crippen LogP contribution in [0.4, 0.5) is 4.39 Å². The van der Waals surface area contributed by atoms with Gasteiger partial charge < -0.3 is 14.7 Å². The summed E-state index contributed by atoms with van der Waals surface area (Å²) in [6.07, 6.45) is 0.519. The molecule has 0 saturated heterocycles. The Morgan fingerprint density at radius 2 is 2.04 bits per heavy atom. The van der Waals surface area contributed by atoms with E-state index in [4.69, 9.17) is 4.74 Å². The molecule has 1 unspecified atom stereocenters. The largest absolute Gasteiger partial charge is 0.476 e. The lowest BCUT2D eigenvalue weighted by molar-refractivity contribution is -0.143. The maximum Gasteiger partial charge on any atom is 0.356 e. The van der Waals surface area contributed by atoms with Crippen LogP contribution < -0.4 is 0 Å². The van der Waals surface area contributed by atoms with Gasteiger partial charge in [0.2, 0.25) is 0 Å². The van der Waals surface area contributed by atoms with E-state index in [2.05, 4.69) is 5.10 Å². The van der Waals surface area contributed by atoms with Crippen LogP contribution in [0.1, 0.15) is 40.7 Å². The quantitative estimate of drug-likeness (QED) is 0.836. The Kier molecular flexibility index (Phi) is 5.55. The van der Waals surface area contributed by atoms with Crippen LogP contribution in [0.15, 0.2) is 24.3 Å². The number of hydrogen-bond acceptors (Lipinski definition) is 4. The number of carboxylic acids is 1. The average Bonchev–Trinajstić information content (AvgIpc) is 3.02. The highest BCUT2D eigenvalue weighted by Gasteiger charge is 2.32. The molecular formula is C19H22FN3O4. The number of fused-ring (bicyclic) bond motifs is 1. The Balaban J connectivity index is 1.89. The summed E-state index contributed by atoms with van der Waals surface area (Å²) in [5.74, 6) is -1.60. The lowest BCUT2D eigenvalue weighted by Gasteiger charge is -2.30. The number of aromatic nitrogens is 2. The molecule has 0 radical (unpaired) electrons. The minimum Gasteiger partial charge on any atom is -0.476 e. The number of carbonyl (C=O) groups is 2. The first-order chi connectivity index (χ1) is 12.9. The first-order valence-electron chi connectivity index (χ1n) is 8.82. The summed E-state index contributed by atoms with van der Waals surface area (Å²) in [7, 11) is 1.49. The fourth-order valence-electron chi connectivity index (χ4n) is 3.39. The summed E-state index contributed by atoms with van der Waals surface area (Å²) in [5.41, 5.74) is 2.12. The second-order valence-corrected chi connectivity index (χ2v) is 6.51. The van der Waals surface area contributed by atoms with Crippen molar-refractivity contribution in [3.8, 4) is 0 Å². The second-order valence-electron chi connectivity index (χ2n) is 6.51. The standard InChI is InChI=1S/C19H22FN3O4/c1-3-16(27-2)18(24)22-9-8-15-14(11-22)17(19(25)26)21-23(15)10-12-4-6-13(20)7-5-12/h4-7,16H,3,8-11H2,1-2H3,(H,25,26). The average molecular weight is 375 g/mol. The minimum atomic E-state index is -1.13. The molecular weight excluding hydrogens is 353 g/mol. The number of ether oxygens (including phenoxy) is 1. The Labute approximate surface area is 156 Å². The maximum atomic E-state index is 13.1. The molecule has 8 heteroatoms. The van der Waals surface area contributed by atoms with E-state index < -0.39 is 12.1 Å². The molecule has 1 N–H and O–H groups in total. The van der Waals surface area contributed by atoms with Gasteiger partial charge in [-0.15, -0.1) is 0 Å². The van der Waals surface area contributed by atoms with Crippen LogP contribution in [0.3, 0.4) is 0 Å². The van der Waals surface area contributed by atoms with Crippen LogP contribution in [0.2, 0.25) is 0 Å². The molecule has 1 aliphatic rings. The monoisotopic (exact) mass is 375 g/mol. The van der Waals surface area contributed by atoms with Gasteiger partial charge in [0.1, 0.15) is 11.9 Å². The van der Waals surface area contributed by atoms with Crippen molar-refractivity contribution in [3.63, 3.8) is 0 Å². The minimum absolute atomic E-state index is 0.0462. The number of carboxylic acid groups (broad SMARTS) is 1. The predicted molar refractivity (Wildman–Crippen MR) is 94.9 cm³/mol. The maximum absolute atomic E-state index is 13.1. The third kappa shape index (κ3) is 3.85. The Morgan fingerprint density at radius 1 is 1.33 bits per heavy atom. The molecule has 1 aromatic carbocycles. The van der Waals surface area contributed by atoms with Crippen molar-refractivity contribution in [2.24, 2.45) is 0 Å². The van der Waals surface area contributed by atoms with Gasteiger partial charge in [-0.2, -0.15) is 5.10 Å². The fourth-order valence-corrected chi connectivity index (χ4v) is 3.39. The molecule has 3 rings (SSSR count). The number of benzene rings is 1. The van der Waals surface area contributed by atoms with E-state index in [0.29, 0.717) is 31.5 Å². The molecule has 1 amide bonds. The molecule has 2 aromatic rings. The van der Waals surface area contributed by atoms with E-state index in [9.17, 15) is 19.1 Å². The number of amides is 1. The molecule has 1 aliphatic heterocycles. The number of rotatable bonds is 6. The topological polar surface area (TPSA) is 84.7 Å². The van der Waals surface area contributed by atoms with Crippen LogP contribution >= 0.6 is 0 Å². The molecule has 0 bridgehead atoms. The molecule has 7 nitrogen and oxygen atoms in total. The van der Waals surface area contributed by atoms with Crippen molar-refractivity contribution in [1.82, 2.24) is 14.7 Å². The first kappa shape index (κ1) is 19.0. The molecule has 0 spiro atoms. The van der Waals surface area contributed by atoms with Gasteiger partial charge in [0, 0.05) is 37.9 Å². The van der Waals surface area contributed by atoms with Gasteiger partial charge in [0.05, 0.1) is 6.54 Å². The number of nitrogens with zero attached hydrogens (tertiary/aromatic N) is 3. The van der Waals surface area contributed by atoms with Crippen LogP contribution in [-0.2, 0) is 29.0 Å². The fraction of sp³-hybridized carbons (Fsp3) is 0.421. The van der Waals surface area contributed by atoms with Gasteiger partial charge >= 0.3 is 5.97 Å². The zero-order valence-corrected chi connectivity index (χ0v) is 15.3. The van der Waals surface area contributed by atoms with Crippen LogP contribution in [-0.4, -0.2) is 51.4 Å². The van der Waals surface area contributed by atoms with Crippen LogP contribution in [0.5, 0.6) is 0 Å². The second kappa shape index (κ2) is 7.87. The summed E-state index contributed by atoms with van der Waals surface area (Å²) in [4.78, 5) is 25.8. The molecule has 1 aromatic heterocycles. The highest BCUT2D eigenvalue weighted by atomic mass is 19.1. The third-order valence-corrected chi connectivity index (χ3v) is 4.82. The summed E-state index contributed by atoms with van der Waals surface area (Å²) >= 11 is 0. The van der Waals surface area contributed by atoms with E-state index in [1.165, 1.54) is 19.2 Å². The highest BCUT2D eigenvalue weighted by molar-refractivity contribution is 5.88. The summed E-state index contributed by atoms with van der Waals surface area (Å²) < 4.78 is 20.0. The molecule has 2 heterocycles. The van der Waals surface area contributed by atoms with Crippen molar-refractivity contribution in [3.05, 3.63) is 52.6 Å². The Hall–Kier alpha value is -2.74. The molecule has 144 valence electrons. The summed E-state index contributed by atoms with van der Waals surface area (Å²) in [6.45, 7) is 2.88. The normalized spacial score (nSPS) is 14.7. The number of aromatic carboxylic acids is 1. The predicted octanol–water partition coefficient (Wildman–Crippen LogP) is 2.08. The summed E-state index contributed by atoms with van der Waals surface area (Å²) in [5, 5.41) is 13.8. The van der Waals surface area contributed by atoms with Crippen LogP contribution in [0.25, 0.3) is 0 Å². The number of carbonyl (C=O) groups excluding carboxylic acids is 1. The zero-order chi connectivity index (χ0) is 19.6. The lowest BCUT2D eigenvalue weighted by atomic mass is 10.0. The van der Waals surface area contributed by atoms with E-state index in [0.717, 1.165) is 11.3 Å². The SMILES string of the molecule is CCC(OC)C(=O)N1CCc2c(c(C(=O)O)nn2Cc2ccc(F)cc2)C1. The van der Waals surface area contributed by atoms with E-state index >= 15 is 0 Å². The lowest BCUT2D eigenvalue weighted by Crippen LogP contribution is -2.43. The first-order valence-corrected chi connectivity index (χ1v) is 8.82. The highest BCUT2D eigenvalue weighted by Crippen LogP contribution is 2.25. The van der Waals surface area contributed by atoms with Gasteiger partial charge in [0.15, 0.2) is 5.69 Å². The molecule has 0 aliphatic carbocycles. The van der Waals surface area contributed by atoms with Crippen molar-refractivity contribution >= 4 is 11.9 Å². The Bertz CT molecular complexity index is 843. The number of hydrogen-bond donors (Lipinski definition) is 1. The summed E-state index contributed by atoms with van der Waals surface area (Å²) in [6, 6.07) is 6.01. The van der Waals surface area contributed by atoms with E-state index in [1.54, 1.807) is 21.7 Å². The van der Waals surface area contributed by atoms with E-state index in [-0.39, 0.29) is 24.0 Å². The van der Waals surface area contributed by atoms with Crippen molar-refractivity contribution < 1.29 is 23.8 Å². The third-order valence-electron chi connectivity index (χ3n) is 4.82. The van der Waals surface area contributed by atoms with Crippen molar-refractivity contribution in [1.29, 1.82) is 0 Å². The van der Waals surface area contributed by atoms with Gasteiger partial charge in [0.25, 0.3) is 5.91 Å². The van der Waals surface area contributed by atoms with Crippen LogP contribution in [0, 0.1) is 5.82 Å². The molecule has 1 atom stereocenters. The smallest absolute Gasteiger partial charge is 0.356 e. The Morgan fingerprint density at radius 3 is 2.63 bits per heavy atom. The van der Waals surface area contributed by atoms with Gasteiger partial charge in [-0.1, -0.05) is 19.1 Å². The number of methoxy groups -OCH3 is 1. The van der Waals surface area contributed by atoms with Gasteiger partial charge in [-0.25, -0.2) is 9.18 Å². The van der Waals surface area contributed by atoms with E-state index in [1.807, 2.05) is 6.92 Å². The van der Waals surface area contributed by atoms with Gasteiger partial charge in [-0.3, -0.25) is 9.48 Å². The molecule has 0 fully saturated rings. The van der Waals surface area contributed by atoms with Crippen molar-refractivity contribution in [2.75, 3.05) is 13.7 Å². The molecule has 0 saturated carbocycles. The molecule has 27 heavy (non-hydrogen) atoms. The number of halogens is 1. The van der Waals surface area contributed by atoms with Crippen molar-refractivity contribution in [2.45, 2.75) is 39.0 Å².